The minimum absolute atomic E-state index is 0.657. The van der Waals surface area contributed by atoms with Crippen LogP contribution < -0.4 is 4.90 Å². The number of hydrogen-bond acceptors (Lipinski definition) is 3. The molecule has 76 valence electrons. The first-order valence-electron chi connectivity index (χ1n) is 5.08. The van der Waals surface area contributed by atoms with E-state index in [1.54, 1.807) is 12.3 Å². The summed E-state index contributed by atoms with van der Waals surface area (Å²) in [5.41, 5.74) is 1.95. The van der Waals surface area contributed by atoms with Gasteiger partial charge in [0.25, 0.3) is 0 Å². The van der Waals surface area contributed by atoms with Crippen molar-refractivity contribution in [3.8, 4) is 6.07 Å². The number of aromatic nitrogens is 1. The van der Waals surface area contributed by atoms with Gasteiger partial charge in [0.2, 0.25) is 0 Å². The largest absolute Gasteiger partial charge is 0.355 e. The minimum Gasteiger partial charge on any atom is -0.355 e. The van der Waals surface area contributed by atoms with E-state index in [0.29, 0.717) is 5.56 Å². The summed E-state index contributed by atoms with van der Waals surface area (Å²) in [6.07, 6.45) is 3.74. The molecule has 0 N–H and O–H groups in total. The zero-order valence-corrected chi connectivity index (χ0v) is 8.61. The van der Waals surface area contributed by atoms with Gasteiger partial charge in [-0.3, -0.25) is 0 Å². The zero-order chi connectivity index (χ0) is 10.7. The van der Waals surface area contributed by atoms with Gasteiger partial charge in [-0.15, -0.1) is 0 Å². The van der Waals surface area contributed by atoms with Gasteiger partial charge in [-0.25, -0.2) is 4.98 Å². The standard InChI is InChI=1S/C12H13N3/c1-10-4-7-15(8-5-10)12-11(9-13)3-2-6-14-12/h2-3,6H,1,4-5,7-8H2. The second kappa shape index (κ2) is 4.14. The van der Waals surface area contributed by atoms with Crippen LogP contribution in [0.15, 0.2) is 30.5 Å². The molecule has 2 rings (SSSR count). The van der Waals surface area contributed by atoms with Crippen LogP contribution in [-0.4, -0.2) is 18.1 Å². The smallest absolute Gasteiger partial charge is 0.146 e. The van der Waals surface area contributed by atoms with Crippen molar-refractivity contribution in [2.75, 3.05) is 18.0 Å². The molecule has 0 atom stereocenters. The molecular weight excluding hydrogens is 186 g/mol. The van der Waals surface area contributed by atoms with E-state index in [9.17, 15) is 0 Å². The van der Waals surface area contributed by atoms with E-state index in [1.165, 1.54) is 5.57 Å². The number of rotatable bonds is 1. The molecule has 1 aromatic rings. The lowest BCUT2D eigenvalue weighted by atomic mass is 10.1. The molecule has 3 heteroatoms. The van der Waals surface area contributed by atoms with Crippen LogP contribution in [-0.2, 0) is 0 Å². The Bertz CT molecular complexity index is 407. The van der Waals surface area contributed by atoms with E-state index in [-0.39, 0.29) is 0 Å². The average Bonchev–Trinajstić information content (AvgIpc) is 2.30. The third-order valence-electron chi connectivity index (χ3n) is 2.68. The summed E-state index contributed by atoms with van der Waals surface area (Å²) in [7, 11) is 0. The highest BCUT2D eigenvalue weighted by Crippen LogP contribution is 2.22. The van der Waals surface area contributed by atoms with Crippen molar-refractivity contribution in [3.05, 3.63) is 36.0 Å². The fourth-order valence-corrected chi connectivity index (χ4v) is 1.77. The van der Waals surface area contributed by atoms with E-state index >= 15 is 0 Å². The molecule has 1 aliphatic rings. The maximum atomic E-state index is 8.97. The molecule has 0 amide bonds. The molecular formula is C12H13N3. The first-order chi connectivity index (χ1) is 7.31. The predicted molar refractivity (Wildman–Crippen MR) is 59.5 cm³/mol. The van der Waals surface area contributed by atoms with Crippen molar-refractivity contribution in [3.63, 3.8) is 0 Å². The Morgan fingerprint density at radius 1 is 1.40 bits per heavy atom. The maximum Gasteiger partial charge on any atom is 0.146 e. The SMILES string of the molecule is C=C1CCN(c2ncccc2C#N)CC1. The van der Waals surface area contributed by atoms with Gasteiger partial charge in [-0.2, -0.15) is 5.26 Å². The summed E-state index contributed by atoms with van der Waals surface area (Å²) in [5.74, 6) is 0.813. The molecule has 0 spiro atoms. The molecule has 0 saturated carbocycles. The van der Waals surface area contributed by atoms with Crippen molar-refractivity contribution in [1.82, 2.24) is 4.98 Å². The van der Waals surface area contributed by atoms with Crippen LogP contribution >= 0.6 is 0 Å². The summed E-state index contributed by atoms with van der Waals surface area (Å²) in [6, 6.07) is 5.79. The number of pyridine rings is 1. The van der Waals surface area contributed by atoms with Crippen LogP contribution in [0.4, 0.5) is 5.82 Å². The molecule has 0 unspecified atom stereocenters. The Labute approximate surface area is 89.7 Å². The zero-order valence-electron chi connectivity index (χ0n) is 8.61. The summed E-state index contributed by atoms with van der Waals surface area (Å²) in [6.45, 7) is 5.82. The van der Waals surface area contributed by atoms with Crippen molar-refractivity contribution < 1.29 is 0 Å². The second-order valence-corrected chi connectivity index (χ2v) is 3.72. The Balaban J connectivity index is 2.23. The fraction of sp³-hybridized carbons (Fsp3) is 0.333. The van der Waals surface area contributed by atoms with E-state index in [4.69, 9.17) is 5.26 Å². The molecule has 1 fully saturated rings. The van der Waals surface area contributed by atoms with E-state index < -0.39 is 0 Å². The molecule has 0 bridgehead atoms. The normalized spacial score (nSPS) is 16.2. The number of hydrogen-bond donors (Lipinski definition) is 0. The molecule has 1 aromatic heterocycles. The summed E-state index contributed by atoms with van der Waals surface area (Å²) >= 11 is 0. The lowest BCUT2D eigenvalue weighted by molar-refractivity contribution is 0.678. The Kier molecular flexibility index (Phi) is 2.68. The first-order valence-corrected chi connectivity index (χ1v) is 5.08. The van der Waals surface area contributed by atoms with Crippen molar-refractivity contribution in [2.24, 2.45) is 0 Å². The molecule has 3 nitrogen and oxygen atoms in total. The van der Waals surface area contributed by atoms with Crippen LogP contribution in [0, 0.1) is 11.3 Å². The molecule has 0 aliphatic carbocycles. The molecule has 2 heterocycles. The second-order valence-electron chi connectivity index (χ2n) is 3.72. The van der Waals surface area contributed by atoms with Gasteiger partial charge in [0, 0.05) is 19.3 Å². The first kappa shape index (κ1) is 9.72. The lowest BCUT2D eigenvalue weighted by Crippen LogP contribution is -2.31. The molecule has 0 aromatic carbocycles. The summed E-state index contributed by atoms with van der Waals surface area (Å²) in [4.78, 5) is 6.43. The van der Waals surface area contributed by atoms with E-state index in [2.05, 4.69) is 22.5 Å². The van der Waals surface area contributed by atoms with Crippen molar-refractivity contribution in [2.45, 2.75) is 12.8 Å². The van der Waals surface area contributed by atoms with Crippen LogP contribution in [0.5, 0.6) is 0 Å². The van der Waals surface area contributed by atoms with Crippen LogP contribution in [0.25, 0.3) is 0 Å². The van der Waals surface area contributed by atoms with E-state index in [0.717, 1.165) is 31.7 Å². The van der Waals surface area contributed by atoms with E-state index in [1.807, 2.05) is 6.07 Å². The number of piperidine rings is 1. The topological polar surface area (TPSA) is 39.9 Å². The lowest BCUT2D eigenvalue weighted by Gasteiger charge is -2.29. The third-order valence-corrected chi connectivity index (χ3v) is 2.68. The maximum absolute atomic E-state index is 8.97. The predicted octanol–water partition coefficient (Wildman–Crippen LogP) is 2.11. The van der Waals surface area contributed by atoms with Gasteiger partial charge < -0.3 is 4.90 Å². The van der Waals surface area contributed by atoms with Gasteiger partial charge in [-0.05, 0) is 25.0 Å². The third kappa shape index (κ3) is 1.99. The van der Waals surface area contributed by atoms with Crippen LogP contribution in [0.1, 0.15) is 18.4 Å². The highest BCUT2D eigenvalue weighted by atomic mass is 15.2. The Morgan fingerprint density at radius 3 is 2.80 bits per heavy atom. The molecule has 15 heavy (non-hydrogen) atoms. The van der Waals surface area contributed by atoms with Crippen molar-refractivity contribution in [1.29, 1.82) is 5.26 Å². The van der Waals surface area contributed by atoms with Gasteiger partial charge in [-0.1, -0.05) is 12.2 Å². The Morgan fingerprint density at radius 2 is 2.13 bits per heavy atom. The van der Waals surface area contributed by atoms with Crippen LogP contribution in [0.3, 0.4) is 0 Å². The molecule has 1 saturated heterocycles. The van der Waals surface area contributed by atoms with Gasteiger partial charge in [0.15, 0.2) is 0 Å². The number of anilines is 1. The molecule has 1 aliphatic heterocycles. The van der Waals surface area contributed by atoms with Gasteiger partial charge >= 0.3 is 0 Å². The number of nitriles is 1. The molecule has 0 radical (unpaired) electrons. The van der Waals surface area contributed by atoms with Gasteiger partial charge in [0.05, 0.1) is 5.56 Å². The monoisotopic (exact) mass is 199 g/mol. The minimum atomic E-state index is 0.657. The summed E-state index contributed by atoms with van der Waals surface area (Å²) < 4.78 is 0. The highest BCUT2D eigenvalue weighted by molar-refractivity contribution is 5.53. The quantitative estimate of drug-likeness (QED) is 0.650. The van der Waals surface area contributed by atoms with Gasteiger partial charge in [0.1, 0.15) is 11.9 Å². The number of nitrogens with zero attached hydrogens (tertiary/aromatic N) is 3. The average molecular weight is 199 g/mol. The highest BCUT2D eigenvalue weighted by Gasteiger charge is 2.16. The van der Waals surface area contributed by atoms with Crippen molar-refractivity contribution >= 4 is 5.82 Å². The Hall–Kier alpha value is -1.82. The summed E-state index contributed by atoms with van der Waals surface area (Å²) in [5, 5.41) is 8.97. The van der Waals surface area contributed by atoms with Crippen LogP contribution in [0.2, 0.25) is 0 Å². The fourth-order valence-electron chi connectivity index (χ4n) is 1.77.